The summed E-state index contributed by atoms with van der Waals surface area (Å²) in [7, 11) is 0. The molecule has 0 aliphatic heterocycles. The molecule has 16 heavy (non-hydrogen) atoms. The van der Waals surface area contributed by atoms with Gasteiger partial charge in [-0.3, -0.25) is 9.59 Å². The normalized spacial score (nSPS) is 17.2. The van der Waals surface area contributed by atoms with Gasteiger partial charge in [0.15, 0.2) is 0 Å². The molecule has 2 nitrogen and oxygen atoms in total. The van der Waals surface area contributed by atoms with Crippen molar-refractivity contribution in [2.24, 2.45) is 0 Å². The van der Waals surface area contributed by atoms with Crippen molar-refractivity contribution in [3.63, 3.8) is 0 Å². The minimum Gasteiger partial charge on any atom is -0.300 e. The second-order valence-corrected chi connectivity index (χ2v) is 4.22. The number of fused-ring (bicyclic) bond motifs is 1. The third kappa shape index (κ3) is 2.27. The molecule has 82 valence electrons. The maximum atomic E-state index is 11.6. The van der Waals surface area contributed by atoms with Crippen molar-refractivity contribution in [1.29, 1.82) is 0 Å². The molecular formula is C14H14O2. The molecule has 1 aromatic rings. The van der Waals surface area contributed by atoms with Crippen molar-refractivity contribution in [2.45, 2.75) is 25.7 Å². The smallest absolute Gasteiger partial charge is 0.141 e. The lowest BCUT2D eigenvalue weighted by molar-refractivity contribution is -0.125. The van der Waals surface area contributed by atoms with Crippen LogP contribution >= 0.6 is 0 Å². The van der Waals surface area contributed by atoms with Gasteiger partial charge in [-0.15, -0.1) is 0 Å². The zero-order valence-electron chi connectivity index (χ0n) is 9.27. The molecular weight excluding hydrogens is 200 g/mol. The van der Waals surface area contributed by atoms with Crippen LogP contribution in [0.15, 0.2) is 30.3 Å². The number of Topliss-reactive ketones (excluding diaryl/α,β-unsaturated/α-hetero) is 2. The summed E-state index contributed by atoms with van der Waals surface area (Å²) in [5, 5.41) is 0. The van der Waals surface area contributed by atoms with Gasteiger partial charge in [0.05, 0.1) is 6.42 Å². The molecule has 1 aliphatic carbocycles. The summed E-state index contributed by atoms with van der Waals surface area (Å²) in [6.45, 7) is 1.45. The van der Waals surface area contributed by atoms with E-state index >= 15 is 0 Å². The fourth-order valence-electron chi connectivity index (χ4n) is 2.10. The first-order valence-corrected chi connectivity index (χ1v) is 5.45. The third-order valence-electron chi connectivity index (χ3n) is 2.80. The number of hydrogen-bond acceptors (Lipinski definition) is 2. The van der Waals surface area contributed by atoms with Crippen molar-refractivity contribution in [3.8, 4) is 0 Å². The molecule has 0 amide bonds. The van der Waals surface area contributed by atoms with E-state index in [1.54, 1.807) is 0 Å². The SMILES string of the molecule is CC(=O)CC(=O)CC1C=Cc2ccccc21. The number of carbonyl (C=O) groups excluding carboxylic acids is 2. The van der Waals surface area contributed by atoms with E-state index in [1.807, 2.05) is 36.4 Å². The van der Waals surface area contributed by atoms with Crippen LogP contribution in [0.2, 0.25) is 0 Å². The van der Waals surface area contributed by atoms with Crippen molar-refractivity contribution in [1.82, 2.24) is 0 Å². The molecule has 0 saturated heterocycles. The van der Waals surface area contributed by atoms with E-state index in [-0.39, 0.29) is 23.9 Å². The van der Waals surface area contributed by atoms with E-state index in [4.69, 9.17) is 0 Å². The van der Waals surface area contributed by atoms with E-state index in [0.717, 1.165) is 0 Å². The zero-order valence-corrected chi connectivity index (χ0v) is 9.27. The molecule has 1 unspecified atom stereocenters. The van der Waals surface area contributed by atoms with E-state index in [9.17, 15) is 9.59 Å². The molecule has 2 heteroatoms. The Balaban J connectivity index is 2.06. The second kappa shape index (κ2) is 4.44. The fourth-order valence-corrected chi connectivity index (χ4v) is 2.10. The maximum absolute atomic E-state index is 11.6. The first kappa shape index (κ1) is 10.8. The second-order valence-electron chi connectivity index (χ2n) is 4.22. The predicted octanol–water partition coefficient (Wildman–Crippen LogP) is 2.74. The van der Waals surface area contributed by atoms with Crippen LogP contribution in [-0.2, 0) is 9.59 Å². The lowest BCUT2D eigenvalue weighted by Crippen LogP contribution is -2.08. The van der Waals surface area contributed by atoms with E-state index < -0.39 is 0 Å². The highest BCUT2D eigenvalue weighted by Crippen LogP contribution is 2.32. The van der Waals surface area contributed by atoms with Crippen molar-refractivity contribution >= 4 is 17.6 Å². The Labute approximate surface area is 95.0 Å². The van der Waals surface area contributed by atoms with Crippen molar-refractivity contribution in [2.75, 3.05) is 0 Å². The van der Waals surface area contributed by atoms with E-state index in [0.29, 0.717) is 6.42 Å². The lowest BCUT2D eigenvalue weighted by Gasteiger charge is -2.09. The molecule has 0 spiro atoms. The van der Waals surface area contributed by atoms with Gasteiger partial charge in [0, 0.05) is 12.3 Å². The number of carbonyl (C=O) groups is 2. The monoisotopic (exact) mass is 214 g/mol. The minimum absolute atomic E-state index is 0.0267. The van der Waals surface area contributed by atoms with Gasteiger partial charge < -0.3 is 0 Å². The minimum atomic E-state index is -0.0553. The van der Waals surface area contributed by atoms with Gasteiger partial charge in [0.1, 0.15) is 11.6 Å². The number of hydrogen-bond donors (Lipinski definition) is 0. The van der Waals surface area contributed by atoms with Crippen molar-refractivity contribution in [3.05, 3.63) is 41.5 Å². The molecule has 0 saturated carbocycles. The highest BCUT2D eigenvalue weighted by atomic mass is 16.1. The fraction of sp³-hybridized carbons (Fsp3) is 0.286. The summed E-state index contributed by atoms with van der Waals surface area (Å²) >= 11 is 0. The average molecular weight is 214 g/mol. The van der Waals surface area contributed by atoms with Gasteiger partial charge in [-0.2, -0.15) is 0 Å². The Morgan fingerprint density at radius 2 is 2.00 bits per heavy atom. The van der Waals surface area contributed by atoms with Gasteiger partial charge in [-0.1, -0.05) is 36.4 Å². The number of allylic oxidation sites excluding steroid dienone is 1. The highest BCUT2D eigenvalue weighted by molar-refractivity contribution is 5.98. The molecule has 1 aromatic carbocycles. The summed E-state index contributed by atoms with van der Waals surface area (Å²) in [6, 6.07) is 8.06. The van der Waals surface area contributed by atoms with Crippen LogP contribution in [0.3, 0.4) is 0 Å². The third-order valence-corrected chi connectivity index (χ3v) is 2.80. The van der Waals surface area contributed by atoms with Gasteiger partial charge in [0.2, 0.25) is 0 Å². The first-order valence-electron chi connectivity index (χ1n) is 5.45. The predicted molar refractivity (Wildman–Crippen MR) is 63.1 cm³/mol. The Hall–Kier alpha value is -1.70. The van der Waals surface area contributed by atoms with Crippen molar-refractivity contribution < 1.29 is 9.59 Å². The van der Waals surface area contributed by atoms with Crippen LogP contribution < -0.4 is 0 Å². The maximum Gasteiger partial charge on any atom is 0.141 e. The number of benzene rings is 1. The summed E-state index contributed by atoms with van der Waals surface area (Å²) in [5.74, 6) is 0.127. The van der Waals surface area contributed by atoms with Gasteiger partial charge in [-0.05, 0) is 18.1 Å². The molecule has 0 bridgehead atoms. The average Bonchev–Trinajstić information content (AvgIpc) is 2.61. The van der Waals surface area contributed by atoms with Crippen LogP contribution in [0.5, 0.6) is 0 Å². The Bertz CT molecular complexity index is 458. The zero-order chi connectivity index (χ0) is 11.5. The largest absolute Gasteiger partial charge is 0.300 e. The summed E-state index contributed by atoms with van der Waals surface area (Å²) < 4.78 is 0. The molecule has 0 fully saturated rings. The molecule has 1 aliphatic rings. The summed E-state index contributed by atoms with van der Waals surface area (Å²) in [4.78, 5) is 22.4. The Kier molecular flexibility index (Phi) is 3.00. The molecule has 1 atom stereocenters. The van der Waals surface area contributed by atoms with Gasteiger partial charge >= 0.3 is 0 Å². The molecule has 2 rings (SSSR count). The van der Waals surface area contributed by atoms with Gasteiger partial charge in [0.25, 0.3) is 0 Å². The summed E-state index contributed by atoms with van der Waals surface area (Å²) in [6.07, 6.45) is 4.59. The molecule has 0 aromatic heterocycles. The van der Waals surface area contributed by atoms with E-state index in [1.165, 1.54) is 18.1 Å². The Morgan fingerprint density at radius 3 is 2.75 bits per heavy atom. The quantitative estimate of drug-likeness (QED) is 0.722. The Morgan fingerprint density at radius 1 is 1.25 bits per heavy atom. The molecule has 0 radical (unpaired) electrons. The molecule has 0 heterocycles. The molecule has 0 N–H and O–H groups in total. The van der Waals surface area contributed by atoms with Crippen LogP contribution in [0, 0.1) is 0 Å². The lowest BCUT2D eigenvalue weighted by atomic mass is 9.94. The van der Waals surface area contributed by atoms with E-state index in [2.05, 4.69) is 0 Å². The van der Waals surface area contributed by atoms with Crippen LogP contribution in [-0.4, -0.2) is 11.6 Å². The standard InChI is InChI=1S/C14H14O2/c1-10(15)8-13(16)9-12-7-6-11-4-2-3-5-14(11)12/h2-7,12H,8-9H2,1H3. The topological polar surface area (TPSA) is 34.1 Å². The van der Waals surface area contributed by atoms with Gasteiger partial charge in [-0.25, -0.2) is 0 Å². The number of ketones is 2. The van der Waals surface area contributed by atoms with Crippen LogP contribution in [0.4, 0.5) is 0 Å². The number of rotatable bonds is 4. The summed E-state index contributed by atoms with van der Waals surface area (Å²) in [5.41, 5.74) is 2.38. The van der Waals surface area contributed by atoms with Crippen LogP contribution in [0.1, 0.15) is 36.8 Å². The highest BCUT2D eigenvalue weighted by Gasteiger charge is 2.19. The first-order chi connectivity index (χ1) is 7.66. The van der Waals surface area contributed by atoms with Crippen LogP contribution in [0.25, 0.3) is 6.08 Å².